The molecule has 5 nitrogen and oxygen atoms in total. The maximum Gasteiger partial charge on any atom is 0.255 e. The number of halogens is 1. The highest BCUT2D eigenvalue weighted by Gasteiger charge is 2.24. The molecule has 3 rings (SSSR count). The largest absolute Gasteiger partial charge is 0.368 e. The third-order valence-electron chi connectivity index (χ3n) is 3.19. The van der Waals surface area contributed by atoms with Gasteiger partial charge in [0.1, 0.15) is 11.1 Å². The highest BCUT2D eigenvalue weighted by atomic mass is 35.5. The van der Waals surface area contributed by atoms with Gasteiger partial charge in [0, 0.05) is 18.1 Å². The number of aromatic nitrogens is 2. The van der Waals surface area contributed by atoms with E-state index in [1.807, 2.05) is 24.3 Å². The van der Waals surface area contributed by atoms with Crippen LogP contribution in [0, 0.1) is 0 Å². The lowest BCUT2D eigenvalue weighted by molar-refractivity contribution is -0.124. The average Bonchev–Trinajstić information content (AvgIpc) is 3.13. The number of benzene rings is 1. The summed E-state index contributed by atoms with van der Waals surface area (Å²) in [6.45, 7) is 0.649. The van der Waals surface area contributed by atoms with E-state index in [1.54, 1.807) is 0 Å². The van der Waals surface area contributed by atoms with Crippen molar-refractivity contribution in [1.29, 1.82) is 0 Å². The van der Waals surface area contributed by atoms with Crippen molar-refractivity contribution in [3.8, 4) is 0 Å². The molecule has 110 valence electrons. The highest BCUT2D eigenvalue weighted by Crippen LogP contribution is 2.21. The number of nitrogens with zero attached hydrogens (tertiary/aromatic N) is 2. The number of anilines is 1. The van der Waals surface area contributed by atoms with Crippen molar-refractivity contribution in [2.75, 3.05) is 11.9 Å². The van der Waals surface area contributed by atoms with Crippen LogP contribution in [-0.2, 0) is 16.0 Å². The normalized spacial score (nSPS) is 17.9. The average molecular weight is 324 g/mol. The predicted octanol–water partition coefficient (Wildman–Crippen LogP) is 2.90. The van der Waals surface area contributed by atoms with Gasteiger partial charge in [0.15, 0.2) is 0 Å². The number of nitrogens with one attached hydrogen (secondary N) is 1. The van der Waals surface area contributed by atoms with Crippen molar-refractivity contribution in [2.24, 2.45) is 0 Å². The van der Waals surface area contributed by atoms with Gasteiger partial charge in [-0.15, -0.1) is 10.2 Å². The molecule has 1 aliphatic rings. The van der Waals surface area contributed by atoms with Crippen LogP contribution < -0.4 is 5.32 Å². The topological polar surface area (TPSA) is 64.1 Å². The minimum Gasteiger partial charge on any atom is -0.368 e. The van der Waals surface area contributed by atoms with Crippen molar-refractivity contribution in [2.45, 2.75) is 25.4 Å². The van der Waals surface area contributed by atoms with Crippen molar-refractivity contribution < 1.29 is 9.53 Å². The molecule has 0 spiro atoms. The molecular formula is C14H14ClN3O2S. The molecule has 1 fully saturated rings. The van der Waals surface area contributed by atoms with Crippen LogP contribution >= 0.6 is 22.9 Å². The van der Waals surface area contributed by atoms with E-state index >= 15 is 0 Å². The second-order valence-electron chi connectivity index (χ2n) is 4.80. The number of carbonyl (C=O) groups excluding carboxylic acids is 1. The molecule has 1 atom stereocenters. The lowest BCUT2D eigenvalue weighted by atomic mass is 10.2. The van der Waals surface area contributed by atoms with Crippen LogP contribution in [0.15, 0.2) is 24.3 Å². The fourth-order valence-corrected chi connectivity index (χ4v) is 3.03. The van der Waals surface area contributed by atoms with Crippen LogP contribution in [0.2, 0.25) is 5.02 Å². The van der Waals surface area contributed by atoms with Gasteiger partial charge in [-0.05, 0) is 30.5 Å². The van der Waals surface area contributed by atoms with E-state index in [4.69, 9.17) is 16.3 Å². The Balaban J connectivity index is 1.60. The molecule has 0 aliphatic carbocycles. The fourth-order valence-electron chi connectivity index (χ4n) is 2.12. The van der Waals surface area contributed by atoms with Crippen molar-refractivity contribution in [1.82, 2.24) is 10.2 Å². The number of hydrogen-bond donors (Lipinski definition) is 1. The Labute approximate surface area is 131 Å². The van der Waals surface area contributed by atoms with Gasteiger partial charge < -0.3 is 4.74 Å². The van der Waals surface area contributed by atoms with Gasteiger partial charge in [0.05, 0.1) is 0 Å². The number of carbonyl (C=O) groups is 1. The van der Waals surface area contributed by atoms with Crippen molar-refractivity contribution in [3.05, 3.63) is 39.9 Å². The Morgan fingerprint density at radius 3 is 2.90 bits per heavy atom. The molecule has 0 bridgehead atoms. The Morgan fingerprint density at radius 1 is 1.38 bits per heavy atom. The Kier molecular flexibility index (Phi) is 4.48. The first-order valence-electron chi connectivity index (χ1n) is 6.70. The molecule has 7 heteroatoms. The van der Waals surface area contributed by atoms with E-state index in [-0.39, 0.29) is 12.0 Å². The summed E-state index contributed by atoms with van der Waals surface area (Å²) in [4.78, 5) is 11.9. The zero-order chi connectivity index (χ0) is 14.7. The highest BCUT2D eigenvalue weighted by molar-refractivity contribution is 7.15. The monoisotopic (exact) mass is 323 g/mol. The van der Waals surface area contributed by atoms with Gasteiger partial charge in [-0.1, -0.05) is 35.1 Å². The quantitative estimate of drug-likeness (QED) is 0.939. The smallest absolute Gasteiger partial charge is 0.255 e. The summed E-state index contributed by atoms with van der Waals surface area (Å²) in [6.07, 6.45) is 2.01. The minimum atomic E-state index is -0.353. The zero-order valence-electron chi connectivity index (χ0n) is 11.2. The summed E-state index contributed by atoms with van der Waals surface area (Å²) in [7, 11) is 0. The molecule has 0 unspecified atom stereocenters. The number of ether oxygens (including phenoxy) is 1. The fraction of sp³-hybridized carbons (Fsp3) is 0.357. The third kappa shape index (κ3) is 3.78. The van der Waals surface area contributed by atoms with Gasteiger partial charge in [-0.25, -0.2) is 0 Å². The van der Waals surface area contributed by atoms with Gasteiger partial charge >= 0.3 is 0 Å². The molecule has 21 heavy (non-hydrogen) atoms. The predicted molar refractivity (Wildman–Crippen MR) is 81.8 cm³/mol. The van der Waals surface area contributed by atoms with Crippen molar-refractivity contribution >= 4 is 34.0 Å². The number of hydrogen-bond acceptors (Lipinski definition) is 5. The van der Waals surface area contributed by atoms with Crippen LogP contribution in [-0.4, -0.2) is 28.8 Å². The second-order valence-corrected chi connectivity index (χ2v) is 6.29. The zero-order valence-corrected chi connectivity index (χ0v) is 12.8. The summed E-state index contributed by atoms with van der Waals surface area (Å²) in [5.41, 5.74) is 1.10. The summed E-state index contributed by atoms with van der Waals surface area (Å²) < 4.78 is 5.33. The summed E-state index contributed by atoms with van der Waals surface area (Å²) in [6, 6.07) is 7.60. The van der Waals surface area contributed by atoms with Gasteiger partial charge in [-0.3, -0.25) is 10.1 Å². The van der Waals surface area contributed by atoms with Crippen LogP contribution in [0.1, 0.15) is 23.4 Å². The molecule has 1 saturated heterocycles. The van der Waals surface area contributed by atoms with E-state index in [2.05, 4.69) is 15.5 Å². The number of amides is 1. The molecule has 2 aromatic rings. The van der Waals surface area contributed by atoms with Gasteiger partial charge in [0.25, 0.3) is 5.91 Å². The molecule has 1 aromatic heterocycles. The molecule has 0 saturated carbocycles. The molecule has 1 aromatic carbocycles. The second kappa shape index (κ2) is 6.51. The van der Waals surface area contributed by atoms with E-state index in [9.17, 15) is 4.79 Å². The Morgan fingerprint density at radius 2 is 2.19 bits per heavy atom. The van der Waals surface area contributed by atoms with Gasteiger partial charge in [0.2, 0.25) is 5.13 Å². The molecular weight excluding hydrogens is 310 g/mol. The molecule has 2 heterocycles. The maximum atomic E-state index is 11.9. The van der Waals surface area contributed by atoms with E-state index in [0.717, 1.165) is 23.4 Å². The van der Waals surface area contributed by atoms with Crippen LogP contribution in [0.4, 0.5) is 5.13 Å². The van der Waals surface area contributed by atoms with Crippen LogP contribution in [0.5, 0.6) is 0 Å². The standard InChI is InChI=1S/C14H14ClN3O2S/c15-10-5-3-9(4-6-10)8-12-17-18-14(21-12)16-13(19)11-2-1-7-20-11/h3-6,11H,1-2,7-8H2,(H,16,18,19)/t11-/m0/s1. The SMILES string of the molecule is O=C(Nc1nnc(Cc2ccc(Cl)cc2)s1)[C@@H]1CCCO1. The Bertz CT molecular complexity index is 623. The van der Waals surface area contributed by atoms with Gasteiger partial charge in [-0.2, -0.15) is 0 Å². The van der Waals surface area contributed by atoms with Crippen LogP contribution in [0.25, 0.3) is 0 Å². The summed E-state index contributed by atoms with van der Waals surface area (Å²) in [5, 5.41) is 12.9. The summed E-state index contributed by atoms with van der Waals surface area (Å²) in [5.74, 6) is -0.137. The Hall–Kier alpha value is -1.50. The first-order chi connectivity index (χ1) is 10.2. The van der Waals surface area contributed by atoms with E-state index in [0.29, 0.717) is 23.2 Å². The van der Waals surface area contributed by atoms with Crippen molar-refractivity contribution in [3.63, 3.8) is 0 Å². The maximum absolute atomic E-state index is 11.9. The lowest BCUT2D eigenvalue weighted by Crippen LogP contribution is -2.26. The first-order valence-corrected chi connectivity index (χ1v) is 7.89. The molecule has 1 amide bonds. The third-order valence-corrected chi connectivity index (χ3v) is 4.28. The minimum absolute atomic E-state index is 0.137. The van der Waals surface area contributed by atoms with E-state index < -0.39 is 0 Å². The summed E-state index contributed by atoms with van der Waals surface area (Å²) >= 11 is 7.23. The first kappa shape index (κ1) is 14.4. The molecule has 1 N–H and O–H groups in total. The number of rotatable bonds is 4. The van der Waals surface area contributed by atoms with Crippen LogP contribution in [0.3, 0.4) is 0 Å². The molecule has 1 aliphatic heterocycles. The van der Waals surface area contributed by atoms with E-state index in [1.165, 1.54) is 11.3 Å². The lowest BCUT2D eigenvalue weighted by Gasteiger charge is -2.06. The molecule has 0 radical (unpaired) electrons.